The molecule has 4 nitrogen and oxygen atoms in total. The molecule has 1 fully saturated rings. The van der Waals surface area contributed by atoms with Crippen LogP contribution < -0.4 is 10.2 Å². The largest absolute Gasteiger partial charge is 0.462 e. The average molecular weight is 244 g/mol. The van der Waals surface area contributed by atoms with E-state index in [0.29, 0.717) is 6.42 Å². The first-order chi connectivity index (χ1) is 8.79. The van der Waals surface area contributed by atoms with Gasteiger partial charge in [0.1, 0.15) is 11.8 Å². The zero-order valence-electron chi connectivity index (χ0n) is 10.3. The van der Waals surface area contributed by atoms with Gasteiger partial charge in [-0.2, -0.15) is 0 Å². The van der Waals surface area contributed by atoms with E-state index in [2.05, 4.69) is 12.2 Å². The molecule has 0 spiro atoms. The maximum Gasteiger partial charge on any atom is 0.228 e. The first kappa shape index (κ1) is 11.3. The monoisotopic (exact) mass is 244 g/mol. The molecule has 94 valence electrons. The second-order valence-corrected chi connectivity index (χ2v) is 4.58. The number of nitrogens with zero attached hydrogens (tertiary/aromatic N) is 1. The molecule has 1 amide bonds. The van der Waals surface area contributed by atoms with Crippen molar-refractivity contribution in [3.05, 3.63) is 30.5 Å². The number of amides is 1. The maximum atomic E-state index is 12.0. The lowest BCUT2D eigenvalue weighted by atomic mass is 10.2. The molecule has 1 aliphatic heterocycles. The van der Waals surface area contributed by atoms with Gasteiger partial charge in [0.2, 0.25) is 5.91 Å². The highest BCUT2D eigenvalue weighted by Gasteiger charge is 2.31. The minimum atomic E-state index is 0.160. The molecule has 2 aromatic rings. The molecule has 4 heteroatoms. The van der Waals surface area contributed by atoms with Gasteiger partial charge in [-0.05, 0) is 18.7 Å². The van der Waals surface area contributed by atoms with Crippen molar-refractivity contribution < 1.29 is 9.21 Å². The summed E-state index contributed by atoms with van der Waals surface area (Å²) in [4.78, 5) is 13.9. The van der Waals surface area contributed by atoms with Crippen molar-refractivity contribution in [3.8, 4) is 0 Å². The Hall–Kier alpha value is -1.81. The molecule has 18 heavy (non-hydrogen) atoms. The van der Waals surface area contributed by atoms with Gasteiger partial charge in [0, 0.05) is 24.4 Å². The third kappa shape index (κ3) is 1.78. The summed E-state index contributed by atoms with van der Waals surface area (Å²) >= 11 is 0. The maximum absolute atomic E-state index is 12.0. The van der Waals surface area contributed by atoms with Crippen LogP contribution >= 0.6 is 0 Å². The van der Waals surface area contributed by atoms with Crippen molar-refractivity contribution in [3.63, 3.8) is 0 Å². The number of nitrogens with one attached hydrogen (secondary N) is 1. The molecule has 0 saturated carbocycles. The van der Waals surface area contributed by atoms with Crippen LogP contribution in [0.1, 0.15) is 13.3 Å². The predicted octanol–water partition coefficient (Wildman–Crippen LogP) is 2.15. The molecule has 1 aromatic carbocycles. The van der Waals surface area contributed by atoms with E-state index in [1.54, 1.807) is 6.26 Å². The SMILES string of the molecule is CCNC1CC(=O)N(c2coc3ccccc23)C1. The molecule has 1 atom stereocenters. The number of carbonyl (C=O) groups excluding carboxylic acids is 1. The van der Waals surface area contributed by atoms with Crippen LogP contribution in [-0.2, 0) is 4.79 Å². The number of hydrogen-bond donors (Lipinski definition) is 1. The Labute approximate surface area is 106 Å². The normalized spacial score (nSPS) is 19.9. The van der Waals surface area contributed by atoms with Gasteiger partial charge < -0.3 is 14.6 Å². The van der Waals surface area contributed by atoms with Crippen molar-refractivity contribution in [2.75, 3.05) is 18.0 Å². The molecule has 3 rings (SSSR count). The molecule has 0 radical (unpaired) electrons. The van der Waals surface area contributed by atoms with Crippen LogP contribution in [0.2, 0.25) is 0 Å². The molecule has 0 bridgehead atoms. The van der Waals surface area contributed by atoms with Gasteiger partial charge in [0.15, 0.2) is 0 Å². The van der Waals surface area contributed by atoms with Crippen molar-refractivity contribution >= 4 is 22.6 Å². The van der Waals surface area contributed by atoms with Gasteiger partial charge >= 0.3 is 0 Å². The Balaban J connectivity index is 1.93. The van der Waals surface area contributed by atoms with E-state index in [1.165, 1.54) is 0 Å². The summed E-state index contributed by atoms with van der Waals surface area (Å²) in [5, 5.41) is 4.32. The predicted molar refractivity (Wildman–Crippen MR) is 70.6 cm³/mol. The van der Waals surface area contributed by atoms with Crippen molar-refractivity contribution in [1.29, 1.82) is 0 Å². The average Bonchev–Trinajstić information content (AvgIpc) is 2.93. The van der Waals surface area contributed by atoms with Crippen molar-refractivity contribution in [1.82, 2.24) is 5.32 Å². The van der Waals surface area contributed by atoms with Crippen LogP contribution in [0.25, 0.3) is 11.0 Å². The van der Waals surface area contributed by atoms with Gasteiger partial charge in [-0.15, -0.1) is 0 Å². The summed E-state index contributed by atoms with van der Waals surface area (Å²) in [5.41, 5.74) is 1.71. The van der Waals surface area contributed by atoms with Crippen LogP contribution in [0.15, 0.2) is 34.9 Å². The summed E-state index contributed by atoms with van der Waals surface area (Å²) in [6, 6.07) is 8.05. The van der Waals surface area contributed by atoms with E-state index in [-0.39, 0.29) is 11.9 Å². The first-order valence-corrected chi connectivity index (χ1v) is 6.29. The summed E-state index contributed by atoms with van der Waals surface area (Å²) in [7, 11) is 0. The van der Waals surface area contributed by atoms with Crippen LogP contribution in [0.4, 0.5) is 5.69 Å². The minimum Gasteiger partial charge on any atom is -0.462 e. The fraction of sp³-hybridized carbons (Fsp3) is 0.357. The summed E-state index contributed by atoms with van der Waals surface area (Å²) < 4.78 is 5.49. The Morgan fingerprint density at radius 3 is 3.11 bits per heavy atom. The fourth-order valence-corrected chi connectivity index (χ4v) is 2.54. The number of carbonyl (C=O) groups is 1. The Kier molecular flexibility index (Phi) is 2.80. The number of furan rings is 1. The van der Waals surface area contributed by atoms with Crippen molar-refractivity contribution in [2.45, 2.75) is 19.4 Å². The van der Waals surface area contributed by atoms with E-state index in [0.717, 1.165) is 29.7 Å². The lowest BCUT2D eigenvalue weighted by Gasteiger charge is -2.15. The molecule has 1 unspecified atom stereocenters. The lowest BCUT2D eigenvalue weighted by Crippen LogP contribution is -2.32. The van der Waals surface area contributed by atoms with Crippen LogP contribution in [0, 0.1) is 0 Å². The second-order valence-electron chi connectivity index (χ2n) is 4.58. The summed E-state index contributed by atoms with van der Waals surface area (Å²) in [5.74, 6) is 0.160. The molecule has 1 aromatic heterocycles. The van der Waals surface area contributed by atoms with Gasteiger partial charge in [-0.1, -0.05) is 19.1 Å². The van der Waals surface area contributed by atoms with E-state index < -0.39 is 0 Å². The zero-order valence-corrected chi connectivity index (χ0v) is 10.3. The smallest absolute Gasteiger partial charge is 0.228 e. The molecular formula is C14H16N2O2. The van der Waals surface area contributed by atoms with Crippen LogP contribution in [0.3, 0.4) is 0 Å². The van der Waals surface area contributed by atoms with Crippen LogP contribution in [-0.4, -0.2) is 25.0 Å². The van der Waals surface area contributed by atoms with Gasteiger partial charge in [-0.3, -0.25) is 4.79 Å². The Morgan fingerprint density at radius 1 is 1.44 bits per heavy atom. The second kappa shape index (κ2) is 4.46. The third-order valence-electron chi connectivity index (χ3n) is 3.37. The van der Waals surface area contributed by atoms with Crippen molar-refractivity contribution in [2.24, 2.45) is 0 Å². The van der Waals surface area contributed by atoms with E-state index >= 15 is 0 Å². The van der Waals surface area contributed by atoms with Gasteiger partial charge in [0.25, 0.3) is 0 Å². The minimum absolute atomic E-state index is 0.160. The number of likely N-dealkylation sites (N-methyl/N-ethyl adjacent to an activating group) is 1. The number of fused-ring (bicyclic) bond motifs is 1. The number of hydrogen-bond acceptors (Lipinski definition) is 3. The van der Waals surface area contributed by atoms with E-state index in [9.17, 15) is 4.79 Å². The lowest BCUT2D eigenvalue weighted by molar-refractivity contribution is -0.117. The number of rotatable bonds is 3. The topological polar surface area (TPSA) is 45.5 Å². The standard InChI is InChI=1S/C14H16N2O2/c1-2-15-10-7-14(17)16(8-10)12-9-18-13-6-4-3-5-11(12)13/h3-6,9-10,15H,2,7-8H2,1H3. The van der Waals surface area contributed by atoms with Gasteiger partial charge in [0.05, 0.1) is 5.69 Å². The Bertz CT molecular complexity index is 576. The molecule has 1 saturated heterocycles. The molecule has 2 heterocycles. The summed E-state index contributed by atoms with van der Waals surface area (Å²) in [6.45, 7) is 3.66. The fourth-order valence-electron chi connectivity index (χ4n) is 2.54. The van der Waals surface area contributed by atoms with Gasteiger partial charge in [-0.25, -0.2) is 0 Å². The highest BCUT2D eigenvalue weighted by atomic mass is 16.3. The zero-order chi connectivity index (χ0) is 12.5. The quantitative estimate of drug-likeness (QED) is 0.899. The molecular weight excluding hydrogens is 228 g/mol. The van der Waals surface area contributed by atoms with E-state index in [4.69, 9.17) is 4.42 Å². The number of para-hydroxylation sites is 1. The van der Waals surface area contributed by atoms with E-state index in [1.807, 2.05) is 29.2 Å². The molecule has 1 aliphatic rings. The highest BCUT2D eigenvalue weighted by molar-refractivity contribution is 6.04. The van der Waals surface area contributed by atoms with Crippen LogP contribution in [0.5, 0.6) is 0 Å². The number of benzene rings is 1. The number of anilines is 1. The molecule has 1 N–H and O–H groups in total. The third-order valence-corrected chi connectivity index (χ3v) is 3.37. The first-order valence-electron chi connectivity index (χ1n) is 6.29. The Morgan fingerprint density at radius 2 is 2.28 bits per heavy atom. The highest BCUT2D eigenvalue weighted by Crippen LogP contribution is 2.31. The summed E-state index contributed by atoms with van der Waals surface area (Å²) in [6.07, 6.45) is 2.24. The molecule has 0 aliphatic carbocycles.